The van der Waals surface area contributed by atoms with E-state index < -0.39 is 17.7 Å². The maximum atomic E-state index is 13.2. The minimum atomic E-state index is -0.667. The number of Topliss-reactive ketones (excluding diaryl/α,β-unsaturated/α-hetero) is 1. The van der Waals surface area contributed by atoms with Gasteiger partial charge in [0.1, 0.15) is 12.2 Å². The molecule has 1 amide bonds. The number of nitrogens with one attached hydrogen (secondary N) is 2. The molecule has 0 unspecified atom stereocenters. The Morgan fingerprint density at radius 2 is 1.77 bits per heavy atom. The van der Waals surface area contributed by atoms with Gasteiger partial charge in [0, 0.05) is 11.3 Å². The third kappa shape index (κ3) is 4.86. The Morgan fingerprint density at radius 3 is 2.35 bits per heavy atom. The van der Waals surface area contributed by atoms with E-state index >= 15 is 0 Å². The molecule has 0 saturated carbocycles. The molecule has 0 bridgehead atoms. The van der Waals surface area contributed by atoms with Crippen molar-refractivity contribution in [2.75, 3.05) is 45.9 Å². The number of carbonyl (C=O) groups is 3. The van der Waals surface area contributed by atoms with Gasteiger partial charge in [-0.1, -0.05) is 29.8 Å². The van der Waals surface area contributed by atoms with E-state index in [-0.39, 0.29) is 24.5 Å². The number of aromatic nitrogens is 1. The van der Waals surface area contributed by atoms with Gasteiger partial charge in [0.2, 0.25) is 0 Å². The van der Waals surface area contributed by atoms with Crippen molar-refractivity contribution in [1.82, 2.24) is 9.88 Å². The quantitative estimate of drug-likeness (QED) is 0.336. The molecule has 0 radical (unpaired) electrons. The van der Waals surface area contributed by atoms with Crippen LogP contribution in [0.3, 0.4) is 0 Å². The first kappa shape index (κ1) is 22.7. The van der Waals surface area contributed by atoms with Crippen molar-refractivity contribution >= 4 is 17.7 Å². The normalized spacial score (nSPS) is 14.5. The van der Waals surface area contributed by atoms with Crippen LogP contribution in [0.2, 0.25) is 0 Å². The number of piperazine rings is 1. The highest BCUT2D eigenvalue weighted by atomic mass is 16.5. The molecule has 166 valence electrons. The monoisotopic (exact) mass is 428 g/mol. The number of aliphatic hydroxyl groups excluding tert-OH is 1. The minimum absolute atomic E-state index is 0.0977. The Morgan fingerprint density at radius 1 is 1.13 bits per heavy atom. The average molecular weight is 429 g/mol. The van der Waals surface area contributed by atoms with Crippen LogP contribution in [-0.4, -0.2) is 78.6 Å². The van der Waals surface area contributed by atoms with Crippen LogP contribution in [-0.2, 0) is 9.53 Å². The Balaban J connectivity index is 1.95. The second kappa shape index (κ2) is 9.89. The molecule has 8 heteroatoms. The predicted octanol–water partition coefficient (Wildman–Crippen LogP) is 0.377. The number of aryl methyl sites for hydroxylation is 2. The molecule has 1 fully saturated rings. The lowest BCUT2D eigenvalue weighted by atomic mass is 9.97. The van der Waals surface area contributed by atoms with Gasteiger partial charge in [-0.2, -0.15) is 0 Å². The summed E-state index contributed by atoms with van der Waals surface area (Å²) >= 11 is 0. The molecule has 1 aliphatic rings. The SMILES string of the molecule is CCOC(=O)c1c(C)[nH]c(C(=O)C(=O)N2CC[NH+](CCO)CC2)c1-c1ccc(C)cc1. The zero-order chi connectivity index (χ0) is 22.5. The number of hydrogen-bond donors (Lipinski definition) is 3. The number of aromatic amines is 1. The van der Waals surface area contributed by atoms with Crippen LogP contribution in [0.5, 0.6) is 0 Å². The summed E-state index contributed by atoms with van der Waals surface area (Å²) < 4.78 is 5.21. The second-order valence-electron chi connectivity index (χ2n) is 7.81. The van der Waals surface area contributed by atoms with Crippen LogP contribution >= 0.6 is 0 Å². The van der Waals surface area contributed by atoms with Gasteiger partial charge in [-0.15, -0.1) is 0 Å². The molecular formula is C23H30N3O5+. The van der Waals surface area contributed by atoms with Gasteiger partial charge in [-0.05, 0) is 26.3 Å². The molecule has 1 saturated heterocycles. The third-order valence-corrected chi connectivity index (χ3v) is 5.65. The van der Waals surface area contributed by atoms with Gasteiger partial charge < -0.3 is 24.6 Å². The maximum Gasteiger partial charge on any atom is 0.340 e. The van der Waals surface area contributed by atoms with Gasteiger partial charge in [0.15, 0.2) is 0 Å². The first-order chi connectivity index (χ1) is 14.9. The van der Waals surface area contributed by atoms with E-state index in [1.807, 2.05) is 31.2 Å². The van der Waals surface area contributed by atoms with Crippen LogP contribution in [0.4, 0.5) is 0 Å². The van der Waals surface area contributed by atoms with Gasteiger partial charge in [0.05, 0.1) is 45.0 Å². The van der Waals surface area contributed by atoms with Crippen molar-refractivity contribution in [2.45, 2.75) is 20.8 Å². The number of nitrogens with zero attached hydrogens (tertiary/aromatic N) is 1. The van der Waals surface area contributed by atoms with Gasteiger partial charge >= 0.3 is 5.97 Å². The number of ketones is 1. The van der Waals surface area contributed by atoms with Gasteiger partial charge in [-0.3, -0.25) is 9.59 Å². The zero-order valence-corrected chi connectivity index (χ0v) is 18.3. The van der Waals surface area contributed by atoms with Crippen LogP contribution in [0, 0.1) is 13.8 Å². The molecule has 8 nitrogen and oxygen atoms in total. The van der Waals surface area contributed by atoms with E-state index in [2.05, 4.69) is 4.98 Å². The van der Waals surface area contributed by atoms with Gasteiger partial charge in [-0.25, -0.2) is 4.79 Å². The highest BCUT2D eigenvalue weighted by Crippen LogP contribution is 2.32. The van der Waals surface area contributed by atoms with Crippen molar-refractivity contribution in [3.05, 3.63) is 46.8 Å². The van der Waals surface area contributed by atoms with Gasteiger partial charge in [0.25, 0.3) is 11.7 Å². The highest BCUT2D eigenvalue weighted by molar-refractivity contribution is 6.43. The highest BCUT2D eigenvalue weighted by Gasteiger charge is 2.33. The average Bonchev–Trinajstić information content (AvgIpc) is 3.11. The molecule has 1 aromatic carbocycles. The van der Waals surface area contributed by atoms with E-state index in [1.165, 1.54) is 4.90 Å². The summed E-state index contributed by atoms with van der Waals surface area (Å²) in [5.74, 6) is -1.78. The number of quaternary nitrogens is 1. The number of benzene rings is 1. The number of rotatable bonds is 7. The fourth-order valence-corrected chi connectivity index (χ4v) is 3.95. The summed E-state index contributed by atoms with van der Waals surface area (Å²) in [5, 5.41) is 9.10. The molecule has 0 aliphatic carbocycles. The first-order valence-corrected chi connectivity index (χ1v) is 10.6. The molecule has 2 heterocycles. The number of amides is 1. The van der Waals surface area contributed by atoms with Crippen LogP contribution in [0.25, 0.3) is 11.1 Å². The van der Waals surface area contributed by atoms with E-state index in [4.69, 9.17) is 9.84 Å². The first-order valence-electron chi connectivity index (χ1n) is 10.6. The lowest BCUT2D eigenvalue weighted by molar-refractivity contribution is -0.904. The van der Waals surface area contributed by atoms with E-state index in [0.717, 1.165) is 5.56 Å². The summed E-state index contributed by atoms with van der Waals surface area (Å²) in [5.41, 5.74) is 2.99. The molecule has 1 aromatic heterocycles. The Hall–Kier alpha value is -2.97. The number of H-pyrrole nitrogens is 1. The number of hydrogen-bond acceptors (Lipinski definition) is 5. The second-order valence-corrected chi connectivity index (χ2v) is 7.81. The molecule has 0 atom stereocenters. The van der Waals surface area contributed by atoms with E-state index in [9.17, 15) is 14.4 Å². The van der Waals surface area contributed by atoms with Crippen LogP contribution in [0.15, 0.2) is 24.3 Å². The topological polar surface area (TPSA) is 104 Å². The standard InChI is InChI=1S/C23H29N3O5/c1-4-31-23(30)18-16(3)24-20(19(18)17-7-5-15(2)6-8-17)21(28)22(29)26-11-9-25(10-12-26)13-14-27/h5-8,24,27H,4,9-14H2,1-3H3/p+1. The summed E-state index contributed by atoms with van der Waals surface area (Å²) in [6, 6.07) is 7.45. The lowest BCUT2D eigenvalue weighted by Crippen LogP contribution is -3.15. The molecule has 3 rings (SSSR count). The van der Waals surface area contributed by atoms with Crippen molar-refractivity contribution < 1.29 is 29.1 Å². The molecule has 3 N–H and O–H groups in total. The van der Waals surface area contributed by atoms with Crippen molar-refractivity contribution in [3.63, 3.8) is 0 Å². The van der Waals surface area contributed by atoms with Crippen molar-refractivity contribution in [3.8, 4) is 11.1 Å². The Kier molecular flexibility index (Phi) is 7.25. The van der Waals surface area contributed by atoms with Crippen molar-refractivity contribution in [2.24, 2.45) is 0 Å². The summed E-state index contributed by atoms with van der Waals surface area (Å²) in [4.78, 5) is 44.6. The molecular weight excluding hydrogens is 398 g/mol. The Bertz CT molecular complexity index is 956. The Labute approximate surface area is 181 Å². The number of carbonyl (C=O) groups excluding carboxylic acids is 3. The van der Waals surface area contributed by atoms with Crippen molar-refractivity contribution in [1.29, 1.82) is 0 Å². The maximum absolute atomic E-state index is 13.2. The largest absolute Gasteiger partial charge is 0.462 e. The summed E-state index contributed by atoms with van der Waals surface area (Å²) in [6.07, 6.45) is 0. The third-order valence-electron chi connectivity index (χ3n) is 5.65. The fourth-order valence-electron chi connectivity index (χ4n) is 3.95. The molecule has 2 aromatic rings. The van der Waals surface area contributed by atoms with Crippen LogP contribution in [0.1, 0.15) is 39.0 Å². The van der Waals surface area contributed by atoms with E-state index in [1.54, 1.807) is 18.7 Å². The van der Waals surface area contributed by atoms with E-state index in [0.29, 0.717) is 49.5 Å². The minimum Gasteiger partial charge on any atom is -0.462 e. The summed E-state index contributed by atoms with van der Waals surface area (Å²) in [6.45, 7) is 8.57. The number of esters is 1. The number of ether oxygens (including phenoxy) is 1. The summed E-state index contributed by atoms with van der Waals surface area (Å²) in [7, 11) is 0. The number of aliphatic hydroxyl groups is 1. The smallest absolute Gasteiger partial charge is 0.340 e. The molecule has 1 aliphatic heterocycles. The van der Waals surface area contributed by atoms with Crippen LogP contribution < -0.4 is 4.90 Å². The fraction of sp³-hybridized carbons (Fsp3) is 0.435. The zero-order valence-electron chi connectivity index (χ0n) is 18.3. The lowest BCUT2D eigenvalue weighted by Gasteiger charge is -2.31. The molecule has 0 spiro atoms. The predicted molar refractivity (Wildman–Crippen MR) is 115 cm³/mol. The molecule has 31 heavy (non-hydrogen) atoms.